The molecule has 140 valence electrons. The van der Waals surface area contributed by atoms with Gasteiger partial charge in [0, 0.05) is 42.6 Å². The minimum Gasteiger partial charge on any atom is -0.493 e. The molecule has 1 atom stereocenters. The van der Waals surface area contributed by atoms with E-state index in [0.29, 0.717) is 19.7 Å². The third kappa shape index (κ3) is 4.77. The molecule has 1 fully saturated rings. The molecule has 3 rings (SSSR count). The molecule has 1 saturated carbocycles. The molecule has 26 heavy (non-hydrogen) atoms. The molecule has 0 bridgehead atoms. The smallest absolute Gasteiger partial charge is 0.244 e. The van der Waals surface area contributed by atoms with Crippen LogP contribution in [0.1, 0.15) is 37.8 Å². The van der Waals surface area contributed by atoms with Crippen LogP contribution in [0.2, 0.25) is 0 Å². The fourth-order valence-electron chi connectivity index (χ4n) is 2.95. The molecule has 1 aromatic rings. The molecule has 1 aromatic carbocycles. The van der Waals surface area contributed by atoms with E-state index in [0.717, 1.165) is 41.9 Å². The zero-order chi connectivity index (χ0) is 18.5. The number of carbonyl (C=O) groups excluding carboxylic acids is 2. The van der Waals surface area contributed by atoms with Gasteiger partial charge >= 0.3 is 0 Å². The lowest BCUT2D eigenvalue weighted by Crippen LogP contribution is -2.34. The predicted molar refractivity (Wildman–Crippen MR) is 99.2 cm³/mol. The largest absolute Gasteiger partial charge is 0.493 e. The van der Waals surface area contributed by atoms with Crippen LogP contribution in [0.3, 0.4) is 0 Å². The predicted octanol–water partition coefficient (Wildman–Crippen LogP) is 2.06. The van der Waals surface area contributed by atoms with E-state index in [1.807, 2.05) is 26.0 Å². The van der Waals surface area contributed by atoms with Gasteiger partial charge in [0.1, 0.15) is 17.6 Å². The van der Waals surface area contributed by atoms with Gasteiger partial charge in [-0.15, -0.1) is 0 Å². The Kier molecular flexibility index (Phi) is 5.81. The van der Waals surface area contributed by atoms with E-state index in [1.54, 1.807) is 6.08 Å². The third-order valence-corrected chi connectivity index (χ3v) is 4.41. The summed E-state index contributed by atoms with van der Waals surface area (Å²) in [5.41, 5.74) is 1.95. The topological polar surface area (TPSA) is 76.7 Å². The molecule has 6 nitrogen and oxygen atoms in total. The summed E-state index contributed by atoms with van der Waals surface area (Å²) in [7, 11) is 0. The number of benzene rings is 1. The van der Waals surface area contributed by atoms with Gasteiger partial charge in [-0.2, -0.15) is 0 Å². The second kappa shape index (κ2) is 8.25. The molecule has 0 spiro atoms. The van der Waals surface area contributed by atoms with Gasteiger partial charge in [-0.1, -0.05) is 0 Å². The van der Waals surface area contributed by atoms with Gasteiger partial charge < -0.3 is 20.1 Å². The Balaban J connectivity index is 1.54. The summed E-state index contributed by atoms with van der Waals surface area (Å²) in [5, 5.41) is 5.58. The van der Waals surface area contributed by atoms with E-state index in [2.05, 4.69) is 10.6 Å². The van der Waals surface area contributed by atoms with Gasteiger partial charge in [0.25, 0.3) is 0 Å². The van der Waals surface area contributed by atoms with E-state index >= 15 is 0 Å². The van der Waals surface area contributed by atoms with Crippen molar-refractivity contribution in [1.29, 1.82) is 0 Å². The Bertz CT molecular complexity index is 710. The number of amides is 2. The normalized spacial score (nSPS) is 18.3. The van der Waals surface area contributed by atoms with Crippen LogP contribution in [-0.4, -0.2) is 37.6 Å². The highest BCUT2D eigenvalue weighted by atomic mass is 16.5. The van der Waals surface area contributed by atoms with Crippen molar-refractivity contribution >= 4 is 17.9 Å². The standard InChI is InChI=1S/C20H26N2O4/c1-3-25-17-12-16-10-13(2)26-18(16)11-15(17)6-7-19(23)21-8-9-22-20(24)14-4-5-14/h6-7,11-14H,3-5,8-10H2,1-2H3,(H,21,23)(H,22,24)/b7-6+. The SMILES string of the molecule is CCOc1cc2c(cc1/C=C/C(=O)NCCNC(=O)C1CC1)OC(C)C2. The Hall–Kier alpha value is -2.50. The highest BCUT2D eigenvalue weighted by molar-refractivity contribution is 5.92. The van der Waals surface area contributed by atoms with Gasteiger partial charge in [0.15, 0.2) is 0 Å². The Morgan fingerprint density at radius 3 is 2.77 bits per heavy atom. The molecule has 1 heterocycles. The van der Waals surface area contributed by atoms with E-state index in [9.17, 15) is 9.59 Å². The second-order valence-corrected chi connectivity index (χ2v) is 6.75. The van der Waals surface area contributed by atoms with Crippen LogP contribution >= 0.6 is 0 Å². The van der Waals surface area contributed by atoms with Gasteiger partial charge in [-0.25, -0.2) is 0 Å². The molecule has 2 aliphatic rings. The molecular formula is C20H26N2O4. The van der Waals surface area contributed by atoms with E-state index in [-0.39, 0.29) is 23.8 Å². The molecule has 2 amide bonds. The molecule has 0 radical (unpaired) electrons. The molecule has 1 aliphatic carbocycles. The van der Waals surface area contributed by atoms with Crippen molar-refractivity contribution in [2.24, 2.45) is 5.92 Å². The minimum absolute atomic E-state index is 0.0866. The van der Waals surface area contributed by atoms with Crippen LogP contribution in [0.15, 0.2) is 18.2 Å². The fraction of sp³-hybridized carbons (Fsp3) is 0.500. The van der Waals surface area contributed by atoms with Crippen LogP contribution in [0.5, 0.6) is 11.5 Å². The molecule has 1 aliphatic heterocycles. The van der Waals surface area contributed by atoms with Crippen LogP contribution in [0.4, 0.5) is 0 Å². The monoisotopic (exact) mass is 358 g/mol. The van der Waals surface area contributed by atoms with Crippen molar-refractivity contribution in [3.63, 3.8) is 0 Å². The Morgan fingerprint density at radius 1 is 1.27 bits per heavy atom. The van der Waals surface area contributed by atoms with Crippen molar-refractivity contribution in [1.82, 2.24) is 10.6 Å². The first-order valence-corrected chi connectivity index (χ1v) is 9.26. The lowest BCUT2D eigenvalue weighted by molar-refractivity contribution is -0.122. The maximum atomic E-state index is 12.0. The maximum absolute atomic E-state index is 12.0. The zero-order valence-corrected chi connectivity index (χ0v) is 15.3. The highest BCUT2D eigenvalue weighted by Gasteiger charge is 2.29. The van der Waals surface area contributed by atoms with Gasteiger partial charge in [-0.05, 0) is 44.9 Å². The second-order valence-electron chi connectivity index (χ2n) is 6.75. The summed E-state index contributed by atoms with van der Waals surface area (Å²) in [4.78, 5) is 23.5. The van der Waals surface area contributed by atoms with Crippen LogP contribution < -0.4 is 20.1 Å². The summed E-state index contributed by atoms with van der Waals surface area (Å²) in [5.74, 6) is 1.67. The van der Waals surface area contributed by atoms with Crippen molar-refractivity contribution in [3.8, 4) is 11.5 Å². The highest BCUT2D eigenvalue weighted by Crippen LogP contribution is 2.35. The maximum Gasteiger partial charge on any atom is 0.244 e. The zero-order valence-electron chi connectivity index (χ0n) is 15.3. The number of fused-ring (bicyclic) bond motifs is 1. The molecule has 2 N–H and O–H groups in total. The summed E-state index contributed by atoms with van der Waals surface area (Å²) in [6, 6.07) is 3.91. The lowest BCUT2D eigenvalue weighted by Gasteiger charge is -2.10. The van der Waals surface area contributed by atoms with Crippen molar-refractivity contribution < 1.29 is 19.1 Å². The quantitative estimate of drug-likeness (QED) is 0.551. The first-order valence-electron chi connectivity index (χ1n) is 9.26. The third-order valence-electron chi connectivity index (χ3n) is 4.41. The van der Waals surface area contributed by atoms with Crippen molar-refractivity contribution in [3.05, 3.63) is 29.3 Å². The van der Waals surface area contributed by atoms with Crippen molar-refractivity contribution in [2.45, 2.75) is 39.2 Å². The first kappa shape index (κ1) is 18.3. The van der Waals surface area contributed by atoms with Crippen molar-refractivity contribution in [2.75, 3.05) is 19.7 Å². The van der Waals surface area contributed by atoms with Crippen LogP contribution in [0, 0.1) is 5.92 Å². The van der Waals surface area contributed by atoms with E-state index in [4.69, 9.17) is 9.47 Å². The number of hydrogen-bond acceptors (Lipinski definition) is 4. The van der Waals surface area contributed by atoms with Crippen LogP contribution in [0.25, 0.3) is 6.08 Å². The van der Waals surface area contributed by atoms with E-state index in [1.165, 1.54) is 6.08 Å². The number of carbonyl (C=O) groups is 2. The lowest BCUT2D eigenvalue weighted by atomic mass is 10.1. The average molecular weight is 358 g/mol. The fourth-order valence-corrected chi connectivity index (χ4v) is 2.95. The first-order chi connectivity index (χ1) is 12.6. The molecule has 0 saturated heterocycles. The van der Waals surface area contributed by atoms with Crippen LogP contribution in [-0.2, 0) is 16.0 Å². The summed E-state index contributed by atoms with van der Waals surface area (Å²) >= 11 is 0. The summed E-state index contributed by atoms with van der Waals surface area (Å²) in [6.45, 7) is 5.38. The number of nitrogens with one attached hydrogen (secondary N) is 2. The molecular weight excluding hydrogens is 332 g/mol. The molecule has 6 heteroatoms. The number of ether oxygens (including phenoxy) is 2. The average Bonchev–Trinajstić information content (AvgIpc) is 3.39. The molecule has 1 unspecified atom stereocenters. The van der Waals surface area contributed by atoms with E-state index < -0.39 is 0 Å². The minimum atomic E-state index is -0.206. The van der Waals surface area contributed by atoms with Gasteiger partial charge in [-0.3, -0.25) is 9.59 Å². The number of hydrogen-bond donors (Lipinski definition) is 2. The summed E-state index contributed by atoms with van der Waals surface area (Å²) < 4.78 is 11.5. The molecule has 0 aromatic heterocycles. The Labute approximate surface area is 153 Å². The van der Waals surface area contributed by atoms with Gasteiger partial charge in [0.05, 0.1) is 6.61 Å². The Morgan fingerprint density at radius 2 is 2.04 bits per heavy atom. The summed E-state index contributed by atoms with van der Waals surface area (Å²) in [6.07, 6.45) is 6.19. The number of rotatable bonds is 8. The van der Waals surface area contributed by atoms with Gasteiger partial charge in [0.2, 0.25) is 11.8 Å².